The second kappa shape index (κ2) is 4.59. The van der Waals surface area contributed by atoms with Crippen LogP contribution in [0.15, 0.2) is 30.3 Å². The number of carbonyl (C=O) groups is 1. The molecule has 1 fully saturated rings. The first kappa shape index (κ1) is 12.3. The quantitative estimate of drug-likeness (QED) is 0.816. The third-order valence-electron chi connectivity index (χ3n) is 3.57. The van der Waals surface area contributed by atoms with E-state index in [-0.39, 0.29) is 17.4 Å². The van der Waals surface area contributed by atoms with E-state index in [2.05, 4.69) is 0 Å². The van der Waals surface area contributed by atoms with Crippen LogP contribution in [0.4, 0.5) is 0 Å². The molecule has 1 aliphatic rings. The van der Waals surface area contributed by atoms with Gasteiger partial charge in [0.2, 0.25) is 0 Å². The molecule has 1 aromatic rings. The molecule has 1 N–H and O–H groups in total. The Morgan fingerprint density at radius 2 is 2.06 bits per heavy atom. The fraction of sp³-hybridized carbons (Fsp3) is 0.500. The summed E-state index contributed by atoms with van der Waals surface area (Å²) in [5.74, 6) is 0.104. The summed E-state index contributed by atoms with van der Waals surface area (Å²) in [6, 6.07) is 9.23. The largest absolute Gasteiger partial charge is 0.313 e. The second-order valence-electron chi connectivity index (χ2n) is 5.34. The van der Waals surface area contributed by atoms with E-state index in [1.165, 1.54) is 5.06 Å². The SMILES string of the molecule is CC1(C)CCC(CC(=O)c2ccccc2)N1O. The number of nitrogens with zero attached hydrogens (tertiary/aromatic N) is 1. The van der Waals surface area contributed by atoms with Crippen molar-refractivity contribution in [3.8, 4) is 0 Å². The monoisotopic (exact) mass is 233 g/mol. The first-order valence-corrected chi connectivity index (χ1v) is 6.07. The highest BCUT2D eigenvalue weighted by Gasteiger charge is 2.39. The molecule has 1 aromatic carbocycles. The van der Waals surface area contributed by atoms with E-state index in [1.54, 1.807) is 0 Å². The van der Waals surface area contributed by atoms with E-state index in [4.69, 9.17) is 0 Å². The zero-order chi connectivity index (χ0) is 12.5. The lowest BCUT2D eigenvalue weighted by Gasteiger charge is -2.29. The predicted octanol–water partition coefficient (Wildman–Crippen LogP) is 2.89. The van der Waals surface area contributed by atoms with Crippen molar-refractivity contribution in [2.45, 2.75) is 44.7 Å². The van der Waals surface area contributed by atoms with Crippen molar-refractivity contribution in [1.29, 1.82) is 0 Å². The number of hydroxylamine groups is 2. The molecule has 1 heterocycles. The summed E-state index contributed by atoms with van der Waals surface area (Å²) < 4.78 is 0. The molecule has 1 atom stereocenters. The van der Waals surface area contributed by atoms with Crippen molar-refractivity contribution in [3.63, 3.8) is 0 Å². The van der Waals surface area contributed by atoms with E-state index in [1.807, 2.05) is 44.2 Å². The molecular weight excluding hydrogens is 214 g/mol. The maximum atomic E-state index is 12.0. The van der Waals surface area contributed by atoms with Gasteiger partial charge in [0.15, 0.2) is 5.78 Å². The Kier molecular flexibility index (Phi) is 3.31. The van der Waals surface area contributed by atoms with E-state index in [9.17, 15) is 10.0 Å². The number of ketones is 1. The molecule has 0 spiro atoms. The van der Waals surface area contributed by atoms with Crippen LogP contribution in [0.25, 0.3) is 0 Å². The number of hydrogen-bond acceptors (Lipinski definition) is 3. The molecule has 2 rings (SSSR count). The average Bonchev–Trinajstić information content (AvgIpc) is 2.57. The molecule has 3 nitrogen and oxygen atoms in total. The van der Waals surface area contributed by atoms with Crippen LogP contribution in [-0.4, -0.2) is 27.6 Å². The number of Topliss-reactive ketones (excluding diaryl/α,β-unsaturated/α-hetero) is 1. The molecule has 0 radical (unpaired) electrons. The molecule has 0 bridgehead atoms. The molecule has 1 saturated heterocycles. The van der Waals surface area contributed by atoms with Gasteiger partial charge in [-0.05, 0) is 26.7 Å². The number of rotatable bonds is 3. The molecule has 1 unspecified atom stereocenters. The lowest BCUT2D eigenvalue weighted by atomic mass is 10.0. The van der Waals surface area contributed by atoms with Gasteiger partial charge in [-0.2, -0.15) is 5.06 Å². The average molecular weight is 233 g/mol. The number of carbonyl (C=O) groups excluding carboxylic acids is 1. The molecule has 3 heteroatoms. The summed E-state index contributed by atoms with van der Waals surface area (Å²) in [5, 5.41) is 11.3. The highest BCUT2D eigenvalue weighted by molar-refractivity contribution is 5.96. The van der Waals surface area contributed by atoms with E-state index in [0.717, 1.165) is 18.4 Å². The Bertz CT molecular complexity index is 400. The molecule has 17 heavy (non-hydrogen) atoms. The summed E-state index contributed by atoms with van der Waals surface area (Å²) in [6.07, 6.45) is 2.20. The van der Waals surface area contributed by atoms with Crippen molar-refractivity contribution in [2.24, 2.45) is 0 Å². The van der Waals surface area contributed by atoms with Gasteiger partial charge >= 0.3 is 0 Å². The van der Waals surface area contributed by atoms with Crippen LogP contribution in [0.3, 0.4) is 0 Å². The molecule has 0 amide bonds. The fourth-order valence-corrected chi connectivity index (χ4v) is 2.40. The second-order valence-corrected chi connectivity index (χ2v) is 5.34. The van der Waals surface area contributed by atoms with Crippen LogP contribution in [-0.2, 0) is 0 Å². The van der Waals surface area contributed by atoms with E-state index >= 15 is 0 Å². The van der Waals surface area contributed by atoms with Crippen molar-refractivity contribution in [1.82, 2.24) is 5.06 Å². The Morgan fingerprint density at radius 1 is 1.41 bits per heavy atom. The van der Waals surface area contributed by atoms with Gasteiger partial charge in [0.1, 0.15) is 0 Å². The zero-order valence-electron chi connectivity index (χ0n) is 10.4. The molecule has 0 aliphatic carbocycles. The van der Waals surface area contributed by atoms with Crippen molar-refractivity contribution >= 4 is 5.78 Å². The standard InChI is InChI=1S/C14H19NO2/c1-14(2)9-8-12(15(14)17)10-13(16)11-6-4-3-5-7-11/h3-7,12,17H,8-10H2,1-2H3. The predicted molar refractivity (Wildman–Crippen MR) is 66.1 cm³/mol. The zero-order valence-corrected chi connectivity index (χ0v) is 10.4. The van der Waals surface area contributed by atoms with Gasteiger partial charge in [-0.1, -0.05) is 30.3 Å². The summed E-state index contributed by atoms with van der Waals surface area (Å²) >= 11 is 0. The van der Waals surface area contributed by atoms with Gasteiger partial charge in [0, 0.05) is 23.6 Å². The number of hydrogen-bond donors (Lipinski definition) is 1. The number of benzene rings is 1. The van der Waals surface area contributed by atoms with Gasteiger partial charge in [-0.3, -0.25) is 4.79 Å². The van der Waals surface area contributed by atoms with Crippen LogP contribution in [0, 0.1) is 0 Å². The van der Waals surface area contributed by atoms with Crippen LogP contribution in [0.1, 0.15) is 43.5 Å². The Labute approximate surface area is 102 Å². The van der Waals surface area contributed by atoms with Crippen LogP contribution < -0.4 is 0 Å². The van der Waals surface area contributed by atoms with Crippen molar-refractivity contribution in [2.75, 3.05) is 0 Å². The van der Waals surface area contributed by atoms with E-state index < -0.39 is 0 Å². The fourth-order valence-electron chi connectivity index (χ4n) is 2.40. The van der Waals surface area contributed by atoms with Crippen LogP contribution in [0.2, 0.25) is 0 Å². The Morgan fingerprint density at radius 3 is 2.59 bits per heavy atom. The lowest BCUT2D eigenvalue weighted by Crippen LogP contribution is -2.40. The first-order chi connectivity index (χ1) is 8.00. The van der Waals surface area contributed by atoms with Crippen LogP contribution in [0.5, 0.6) is 0 Å². The minimum Gasteiger partial charge on any atom is -0.313 e. The maximum absolute atomic E-state index is 12.0. The Balaban J connectivity index is 2.01. The topological polar surface area (TPSA) is 40.5 Å². The summed E-state index contributed by atoms with van der Waals surface area (Å²) in [6.45, 7) is 4.00. The third-order valence-corrected chi connectivity index (χ3v) is 3.57. The van der Waals surface area contributed by atoms with Gasteiger partial charge in [-0.15, -0.1) is 0 Å². The minimum atomic E-state index is -0.207. The van der Waals surface area contributed by atoms with Gasteiger partial charge < -0.3 is 5.21 Å². The first-order valence-electron chi connectivity index (χ1n) is 6.07. The van der Waals surface area contributed by atoms with Crippen molar-refractivity contribution in [3.05, 3.63) is 35.9 Å². The lowest BCUT2D eigenvalue weighted by molar-refractivity contribution is -0.163. The third kappa shape index (κ3) is 2.56. The summed E-state index contributed by atoms with van der Waals surface area (Å²) in [4.78, 5) is 12.0. The summed E-state index contributed by atoms with van der Waals surface area (Å²) in [5.41, 5.74) is 0.521. The molecule has 1 aliphatic heterocycles. The maximum Gasteiger partial charge on any atom is 0.164 e. The van der Waals surface area contributed by atoms with Crippen molar-refractivity contribution < 1.29 is 10.0 Å². The highest BCUT2D eigenvalue weighted by atomic mass is 16.5. The normalized spacial score (nSPS) is 23.8. The highest BCUT2D eigenvalue weighted by Crippen LogP contribution is 2.33. The molecule has 0 saturated carbocycles. The summed E-state index contributed by atoms with van der Waals surface area (Å²) in [7, 11) is 0. The van der Waals surface area contributed by atoms with Gasteiger partial charge in [0.05, 0.1) is 0 Å². The van der Waals surface area contributed by atoms with Gasteiger partial charge in [0.25, 0.3) is 0 Å². The van der Waals surface area contributed by atoms with Gasteiger partial charge in [-0.25, -0.2) is 0 Å². The van der Waals surface area contributed by atoms with E-state index in [0.29, 0.717) is 6.42 Å². The molecular formula is C14H19NO2. The molecule has 0 aromatic heterocycles. The minimum absolute atomic E-state index is 0.0438. The Hall–Kier alpha value is -1.19. The molecule has 92 valence electrons. The smallest absolute Gasteiger partial charge is 0.164 e. The van der Waals surface area contributed by atoms with Crippen LogP contribution >= 0.6 is 0 Å².